The van der Waals surface area contributed by atoms with Gasteiger partial charge >= 0.3 is 0 Å². The largest absolute Gasteiger partial charge is 0.399 e. The lowest BCUT2D eigenvalue weighted by Gasteiger charge is -2.05. The summed E-state index contributed by atoms with van der Waals surface area (Å²) in [4.78, 5) is 0.281. The van der Waals surface area contributed by atoms with E-state index in [2.05, 4.69) is 0 Å². The Morgan fingerprint density at radius 1 is 1.38 bits per heavy atom. The maximum absolute atomic E-state index is 11.8. The Labute approximate surface area is 96.3 Å². The number of nitrogens with two attached hydrogens (primary N) is 1. The van der Waals surface area contributed by atoms with E-state index in [1.165, 1.54) is 6.07 Å². The summed E-state index contributed by atoms with van der Waals surface area (Å²) < 4.78 is 28.8. The minimum Gasteiger partial charge on any atom is -0.399 e. The van der Waals surface area contributed by atoms with Gasteiger partial charge in [0.25, 0.3) is 0 Å². The standard InChI is InChI=1S/C11H17NO3S/c1-2-15-7-4-8-16(13,14)11-6-3-5-10(12)9-11/h3,5-6,9H,2,4,7-8,12H2,1H3. The van der Waals surface area contributed by atoms with Crippen LogP contribution in [-0.4, -0.2) is 27.4 Å². The Balaban J connectivity index is 2.64. The fourth-order valence-corrected chi connectivity index (χ4v) is 2.66. The van der Waals surface area contributed by atoms with Crippen molar-refractivity contribution in [1.82, 2.24) is 0 Å². The molecule has 0 aliphatic carbocycles. The van der Waals surface area contributed by atoms with Gasteiger partial charge in [-0.25, -0.2) is 8.42 Å². The van der Waals surface area contributed by atoms with Crippen LogP contribution < -0.4 is 5.73 Å². The van der Waals surface area contributed by atoms with E-state index in [1.54, 1.807) is 18.2 Å². The molecule has 16 heavy (non-hydrogen) atoms. The molecular weight excluding hydrogens is 226 g/mol. The smallest absolute Gasteiger partial charge is 0.178 e. The van der Waals surface area contributed by atoms with Gasteiger partial charge in [-0.2, -0.15) is 0 Å². The Morgan fingerprint density at radius 2 is 2.12 bits per heavy atom. The number of rotatable bonds is 6. The summed E-state index contributed by atoms with van der Waals surface area (Å²) in [5.74, 6) is 0.0937. The van der Waals surface area contributed by atoms with Gasteiger partial charge in [-0.1, -0.05) is 6.07 Å². The van der Waals surface area contributed by atoms with Crippen molar-refractivity contribution in [2.24, 2.45) is 0 Å². The maximum atomic E-state index is 11.8. The molecule has 0 saturated heterocycles. The van der Waals surface area contributed by atoms with Gasteiger partial charge in [0, 0.05) is 18.9 Å². The van der Waals surface area contributed by atoms with Crippen LogP contribution in [0.25, 0.3) is 0 Å². The molecule has 90 valence electrons. The van der Waals surface area contributed by atoms with Crippen LogP contribution >= 0.6 is 0 Å². The zero-order valence-corrected chi connectivity index (χ0v) is 10.2. The molecule has 0 heterocycles. The first-order chi connectivity index (χ1) is 7.56. The SMILES string of the molecule is CCOCCCS(=O)(=O)c1cccc(N)c1. The molecule has 0 radical (unpaired) electrons. The van der Waals surface area contributed by atoms with Crippen molar-refractivity contribution in [3.63, 3.8) is 0 Å². The van der Waals surface area contributed by atoms with Gasteiger partial charge in [-0.05, 0) is 31.5 Å². The molecule has 0 aliphatic rings. The average Bonchev–Trinajstić information content (AvgIpc) is 2.24. The van der Waals surface area contributed by atoms with Crippen molar-refractivity contribution in [2.75, 3.05) is 24.7 Å². The van der Waals surface area contributed by atoms with Gasteiger partial charge in [-0.15, -0.1) is 0 Å². The molecule has 0 atom stereocenters. The van der Waals surface area contributed by atoms with Crippen LogP contribution in [0.1, 0.15) is 13.3 Å². The fraction of sp³-hybridized carbons (Fsp3) is 0.455. The second-order valence-electron chi connectivity index (χ2n) is 3.44. The molecule has 0 aliphatic heterocycles. The molecule has 0 aromatic heterocycles. The first-order valence-corrected chi connectivity index (χ1v) is 6.87. The molecule has 0 spiro atoms. The predicted molar refractivity (Wildman–Crippen MR) is 64.0 cm³/mol. The van der Waals surface area contributed by atoms with E-state index in [0.29, 0.717) is 25.3 Å². The summed E-state index contributed by atoms with van der Waals surface area (Å²) >= 11 is 0. The van der Waals surface area contributed by atoms with Gasteiger partial charge in [0.2, 0.25) is 0 Å². The van der Waals surface area contributed by atoms with Gasteiger partial charge in [-0.3, -0.25) is 0 Å². The first-order valence-electron chi connectivity index (χ1n) is 5.22. The Kier molecular flexibility index (Phi) is 4.76. The van der Waals surface area contributed by atoms with Gasteiger partial charge in [0.1, 0.15) is 0 Å². The lowest BCUT2D eigenvalue weighted by atomic mass is 10.3. The van der Waals surface area contributed by atoms with Gasteiger partial charge < -0.3 is 10.5 Å². The molecule has 1 aromatic carbocycles. The number of benzene rings is 1. The molecule has 0 amide bonds. The lowest BCUT2D eigenvalue weighted by molar-refractivity contribution is 0.148. The molecule has 0 bridgehead atoms. The second-order valence-corrected chi connectivity index (χ2v) is 5.55. The Bertz CT molecular complexity index is 429. The van der Waals surface area contributed by atoms with Crippen molar-refractivity contribution >= 4 is 15.5 Å². The number of sulfone groups is 1. The summed E-state index contributed by atoms with van der Waals surface area (Å²) in [6, 6.07) is 6.35. The van der Waals surface area contributed by atoms with Gasteiger partial charge in [0.15, 0.2) is 9.84 Å². The zero-order valence-electron chi connectivity index (χ0n) is 9.35. The zero-order chi connectivity index (χ0) is 12.0. The minimum absolute atomic E-state index is 0.0937. The number of ether oxygens (including phenoxy) is 1. The Hall–Kier alpha value is -1.07. The fourth-order valence-electron chi connectivity index (χ4n) is 1.32. The van der Waals surface area contributed by atoms with Crippen LogP contribution in [0.5, 0.6) is 0 Å². The molecule has 0 fully saturated rings. The van der Waals surface area contributed by atoms with E-state index in [-0.39, 0.29) is 10.6 Å². The minimum atomic E-state index is -3.22. The van der Waals surface area contributed by atoms with Crippen LogP contribution in [0.15, 0.2) is 29.2 Å². The number of nitrogen functional groups attached to an aromatic ring is 1. The Morgan fingerprint density at radius 3 is 2.75 bits per heavy atom. The summed E-state index contributed by atoms with van der Waals surface area (Å²) in [7, 11) is -3.22. The van der Waals surface area contributed by atoms with Crippen molar-refractivity contribution in [1.29, 1.82) is 0 Å². The predicted octanol–water partition coefficient (Wildman–Crippen LogP) is 1.47. The molecule has 2 N–H and O–H groups in total. The van der Waals surface area contributed by atoms with Crippen LogP contribution in [0.4, 0.5) is 5.69 Å². The van der Waals surface area contributed by atoms with Crippen molar-refractivity contribution < 1.29 is 13.2 Å². The van der Waals surface area contributed by atoms with Crippen LogP contribution in [0.3, 0.4) is 0 Å². The third-order valence-electron chi connectivity index (χ3n) is 2.12. The number of anilines is 1. The average molecular weight is 243 g/mol. The molecule has 0 unspecified atom stereocenters. The molecule has 1 rings (SSSR count). The lowest BCUT2D eigenvalue weighted by Crippen LogP contribution is -2.09. The van der Waals surface area contributed by atoms with Crippen LogP contribution in [-0.2, 0) is 14.6 Å². The van der Waals surface area contributed by atoms with Gasteiger partial charge in [0.05, 0.1) is 10.6 Å². The monoisotopic (exact) mass is 243 g/mol. The van der Waals surface area contributed by atoms with Crippen molar-refractivity contribution in [3.05, 3.63) is 24.3 Å². The highest BCUT2D eigenvalue weighted by Gasteiger charge is 2.13. The summed E-state index contributed by atoms with van der Waals surface area (Å²) in [6.45, 7) is 2.96. The highest BCUT2D eigenvalue weighted by molar-refractivity contribution is 7.91. The van der Waals surface area contributed by atoms with E-state index in [4.69, 9.17) is 10.5 Å². The van der Waals surface area contributed by atoms with E-state index in [0.717, 1.165) is 0 Å². The van der Waals surface area contributed by atoms with Crippen molar-refractivity contribution in [3.8, 4) is 0 Å². The highest BCUT2D eigenvalue weighted by atomic mass is 32.2. The van der Waals surface area contributed by atoms with Crippen LogP contribution in [0, 0.1) is 0 Å². The van der Waals surface area contributed by atoms with Crippen LogP contribution in [0.2, 0.25) is 0 Å². The molecule has 1 aromatic rings. The topological polar surface area (TPSA) is 69.4 Å². The summed E-state index contributed by atoms with van der Waals surface area (Å²) in [5.41, 5.74) is 6.01. The normalized spacial score (nSPS) is 11.6. The third kappa shape index (κ3) is 3.83. The van der Waals surface area contributed by atoms with E-state index in [1.807, 2.05) is 6.92 Å². The van der Waals surface area contributed by atoms with E-state index < -0.39 is 9.84 Å². The van der Waals surface area contributed by atoms with E-state index >= 15 is 0 Å². The quantitative estimate of drug-likeness (QED) is 0.606. The van der Waals surface area contributed by atoms with Crippen molar-refractivity contribution in [2.45, 2.75) is 18.2 Å². The molecule has 4 nitrogen and oxygen atoms in total. The second kappa shape index (κ2) is 5.86. The summed E-state index contributed by atoms with van der Waals surface area (Å²) in [5, 5.41) is 0. The molecule has 5 heteroatoms. The number of hydrogen-bond acceptors (Lipinski definition) is 4. The molecular formula is C11H17NO3S. The maximum Gasteiger partial charge on any atom is 0.178 e. The number of hydrogen-bond donors (Lipinski definition) is 1. The highest BCUT2D eigenvalue weighted by Crippen LogP contribution is 2.15. The molecule has 0 saturated carbocycles. The summed E-state index contributed by atoms with van der Waals surface area (Å²) in [6.07, 6.45) is 0.505. The first kappa shape index (κ1) is 13.0. The third-order valence-corrected chi connectivity index (χ3v) is 3.92. The van der Waals surface area contributed by atoms with E-state index in [9.17, 15) is 8.42 Å².